The molecule has 0 unspecified atom stereocenters. The van der Waals surface area contributed by atoms with Gasteiger partial charge in [0.05, 0.1) is 49.6 Å². The fraction of sp³-hybridized carbons (Fsp3) is 0.278. The molecule has 0 spiro atoms. The van der Waals surface area contributed by atoms with Crippen LogP contribution in [0, 0.1) is 10.1 Å². The van der Waals surface area contributed by atoms with Crippen LogP contribution in [-0.4, -0.2) is 38.8 Å². The van der Waals surface area contributed by atoms with Gasteiger partial charge in [-0.15, -0.1) is 0 Å². The van der Waals surface area contributed by atoms with Crippen LogP contribution in [0.25, 0.3) is 0 Å². The van der Waals surface area contributed by atoms with Crippen molar-refractivity contribution in [3.05, 3.63) is 45.0 Å². The lowest BCUT2D eigenvalue weighted by molar-refractivity contribution is -0.385. The maximum Gasteiger partial charge on any atom is 0.286 e. The number of halogens is 1. The third-order valence-corrected chi connectivity index (χ3v) is 4.04. The summed E-state index contributed by atoms with van der Waals surface area (Å²) in [5, 5.41) is 14.3. The SMILES string of the molecule is CCOc1cc([N+](=O)[O-])c(C(=O)Nc2cc(Cl)c(OC)cc2OC)cc1OC. The number of nitro benzene ring substituents is 1. The average Bonchev–Trinajstić information content (AvgIpc) is 2.67. The Morgan fingerprint density at radius 3 is 2.21 bits per heavy atom. The third kappa shape index (κ3) is 4.37. The second-order valence-corrected chi connectivity index (χ2v) is 5.76. The molecule has 0 saturated carbocycles. The summed E-state index contributed by atoms with van der Waals surface area (Å²) in [5.74, 6) is 0.239. The van der Waals surface area contributed by atoms with E-state index in [1.807, 2.05) is 0 Å². The topological polar surface area (TPSA) is 109 Å². The number of nitro groups is 1. The van der Waals surface area contributed by atoms with Crippen LogP contribution in [0.15, 0.2) is 24.3 Å². The molecule has 0 heterocycles. The Kier molecular flexibility index (Phi) is 6.89. The zero-order valence-electron chi connectivity index (χ0n) is 15.7. The monoisotopic (exact) mass is 410 g/mol. The fourth-order valence-corrected chi connectivity index (χ4v) is 2.70. The van der Waals surface area contributed by atoms with Crippen LogP contribution in [0.2, 0.25) is 5.02 Å². The average molecular weight is 411 g/mol. The van der Waals surface area contributed by atoms with E-state index in [0.717, 1.165) is 6.07 Å². The minimum Gasteiger partial charge on any atom is -0.495 e. The van der Waals surface area contributed by atoms with Crippen LogP contribution >= 0.6 is 11.6 Å². The van der Waals surface area contributed by atoms with Crippen LogP contribution < -0.4 is 24.3 Å². The molecule has 0 bridgehead atoms. The number of carbonyl (C=O) groups is 1. The minimum absolute atomic E-state index is 0.165. The van der Waals surface area contributed by atoms with Gasteiger partial charge in [0, 0.05) is 12.1 Å². The van der Waals surface area contributed by atoms with Crippen LogP contribution in [0.3, 0.4) is 0 Å². The summed E-state index contributed by atoms with van der Waals surface area (Å²) in [4.78, 5) is 23.6. The highest BCUT2D eigenvalue weighted by Crippen LogP contribution is 2.38. The molecule has 1 N–H and O–H groups in total. The van der Waals surface area contributed by atoms with E-state index in [4.69, 9.17) is 30.5 Å². The number of methoxy groups -OCH3 is 3. The summed E-state index contributed by atoms with van der Waals surface area (Å²) in [6.45, 7) is 2.01. The van der Waals surface area contributed by atoms with Crippen molar-refractivity contribution in [2.24, 2.45) is 0 Å². The van der Waals surface area contributed by atoms with Crippen molar-refractivity contribution in [1.82, 2.24) is 0 Å². The zero-order chi connectivity index (χ0) is 20.8. The van der Waals surface area contributed by atoms with Gasteiger partial charge in [-0.2, -0.15) is 0 Å². The van der Waals surface area contributed by atoms with Crippen LogP contribution in [0.4, 0.5) is 11.4 Å². The van der Waals surface area contributed by atoms with E-state index in [-0.39, 0.29) is 40.1 Å². The number of rotatable bonds is 8. The van der Waals surface area contributed by atoms with Gasteiger partial charge in [-0.1, -0.05) is 11.6 Å². The highest BCUT2D eigenvalue weighted by atomic mass is 35.5. The van der Waals surface area contributed by atoms with Crippen molar-refractivity contribution in [1.29, 1.82) is 0 Å². The van der Waals surface area contributed by atoms with Gasteiger partial charge in [-0.25, -0.2) is 0 Å². The van der Waals surface area contributed by atoms with E-state index >= 15 is 0 Å². The zero-order valence-corrected chi connectivity index (χ0v) is 16.5. The number of nitrogens with zero attached hydrogens (tertiary/aromatic N) is 1. The second-order valence-electron chi connectivity index (χ2n) is 5.35. The molecule has 0 aliphatic heterocycles. The number of hydrogen-bond donors (Lipinski definition) is 1. The van der Waals surface area contributed by atoms with Gasteiger partial charge in [0.1, 0.15) is 17.1 Å². The summed E-state index contributed by atoms with van der Waals surface area (Å²) in [5.41, 5.74) is -0.417. The molecule has 0 fully saturated rings. The molecule has 0 aliphatic carbocycles. The van der Waals surface area contributed by atoms with E-state index in [2.05, 4.69) is 5.32 Å². The maximum atomic E-state index is 12.8. The van der Waals surface area contributed by atoms with Crippen LogP contribution in [-0.2, 0) is 0 Å². The molecule has 0 aliphatic rings. The van der Waals surface area contributed by atoms with Crippen molar-refractivity contribution < 1.29 is 28.7 Å². The number of ether oxygens (including phenoxy) is 4. The molecule has 0 aromatic heterocycles. The number of anilines is 1. The molecule has 150 valence electrons. The van der Waals surface area contributed by atoms with Gasteiger partial charge in [-0.3, -0.25) is 14.9 Å². The number of hydrogen-bond acceptors (Lipinski definition) is 7. The van der Waals surface area contributed by atoms with Crippen molar-refractivity contribution in [2.45, 2.75) is 6.92 Å². The Hall–Kier alpha value is -3.20. The summed E-state index contributed by atoms with van der Waals surface area (Å²) < 4.78 is 20.8. The molecular formula is C18H19ClN2O7. The first-order valence-electron chi connectivity index (χ1n) is 8.08. The van der Waals surface area contributed by atoms with Gasteiger partial charge < -0.3 is 24.3 Å². The first-order valence-corrected chi connectivity index (χ1v) is 8.46. The molecule has 0 atom stereocenters. The van der Waals surface area contributed by atoms with Gasteiger partial charge >= 0.3 is 0 Å². The Bertz CT molecular complexity index is 902. The molecule has 10 heteroatoms. The van der Waals surface area contributed by atoms with Gasteiger partial charge in [0.2, 0.25) is 0 Å². The van der Waals surface area contributed by atoms with E-state index in [1.54, 1.807) is 6.92 Å². The molecule has 2 rings (SSSR count). The van der Waals surface area contributed by atoms with Crippen molar-refractivity contribution >= 4 is 28.9 Å². The number of amides is 1. The van der Waals surface area contributed by atoms with Gasteiger partial charge in [0.15, 0.2) is 11.5 Å². The molecule has 0 saturated heterocycles. The molecule has 2 aromatic carbocycles. The summed E-state index contributed by atoms with van der Waals surface area (Å²) in [6.07, 6.45) is 0. The van der Waals surface area contributed by atoms with Crippen LogP contribution in [0.5, 0.6) is 23.0 Å². The number of benzene rings is 2. The smallest absolute Gasteiger partial charge is 0.286 e. The molecule has 1 amide bonds. The minimum atomic E-state index is -0.743. The third-order valence-electron chi connectivity index (χ3n) is 3.75. The molecule has 9 nitrogen and oxygen atoms in total. The fourth-order valence-electron chi connectivity index (χ4n) is 2.46. The van der Waals surface area contributed by atoms with E-state index in [0.29, 0.717) is 5.75 Å². The van der Waals surface area contributed by atoms with Gasteiger partial charge in [-0.05, 0) is 13.0 Å². The summed E-state index contributed by atoms with van der Waals surface area (Å²) in [6, 6.07) is 5.31. The first kappa shape index (κ1) is 21.1. The van der Waals surface area contributed by atoms with Gasteiger partial charge in [0.25, 0.3) is 11.6 Å². The lowest BCUT2D eigenvalue weighted by atomic mass is 10.1. The van der Waals surface area contributed by atoms with Crippen molar-refractivity contribution in [2.75, 3.05) is 33.3 Å². The lowest BCUT2D eigenvalue weighted by Gasteiger charge is -2.14. The lowest BCUT2D eigenvalue weighted by Crippen LogP contribution is -2.15. The normalized spacial score (nSPS) is 10.2. The highest BCUT2D eigenvalue weighted by Gasteiger charge is 2.25. The predicted molar refractivity (Wildman–Crippen MR) is 103 cm³/mol. The summed E-state index contributed by atoms with van der Waals surface area (Å²) in [7, 11) is 4.22. The highest BCUT2D eigenvalue weighted by molar-refractivity contribution is 6.32. The largest absolute Gasteiger partial charge is 0.495 e. The van der Waals surface area contributed by atoms with Crippen molar-refractivity contribution in [3.63, 3.8) is 0 Å². The first-order chi connectivity index (χ1) is 13.4. The molecule has 28 heavy (non-hydrogen) atoms. The number of nitrogens with one attached hydrogen (secondary N) is 1. The Morgan fingerprint density at radius 1 is 1.04 bits per heavy atom. The Labute approximate surface area is 166 Å². The second kappa shape index (κ2) is 9.14. The standard InChI is InChI=1S/C18H19ClN2O7/c1-5-28-17-8-13(21(23)24)10(6-16(17)27-4)18(22)20-12-7-11(19)14(25-2)9-15(12)26-3/h6-9H,5H2,1-4H3,(H,20,22). The summed E-state index contributed by atoms with van der Waals surface area (Å²) >= 11 is 6.10. The predicted octanol–water partition coefficient (Wildman–Crippen LogP) is 3.93. The van der Waals surface area contributed by atoms with Crippen molar-refractivity contribution in [3.8, 4) is 23.0 Å². The number of carbonyl (C=O) groups excluding carboxylic acids is 1. The van der Waals surface area contributed by atoms with E-state index in [1.165, 1.54) is 39.5 Å². The van der Waals surface area contributed by atoms with E-state index < -0.39 is 16.5 Å². The Balaban J connectivity index is 2.49. The molecule has 2 aromatic rings. The van der Waals surface area contributed by atoms with E-state index in [9.17, 15) is 14.9 Å². The van der Waals surface area contributed by atoms with Crippen LogP contribution in [0.1, 0.15) is 17.3 Å². The Morgan fingerprint density at radius 2 is 1.68 bits per heavy atom. The maximum absolute atomic E-state index is 12.8. The molecule has 0 radical (unpaired) electrons. The quantitative estimate of drug-likeness (QED) is 0.518. The molecular weight excluding hydrogens is 392 g/mol.